The van der Waals surface area contributed by atoms with Gasteiger partial charge in [-0.1, -0.05) is 20.8 Å². The van der Waals surface area contributed by atoms with Crippen molar-refractivity contribution in [1.82, 2.24) is 25.0 Å². The van der Waals surface area contributed by atoms with Crippen LogP contribution in [0.15, 0.2) is 39.5 Å². The molecule has 3 aromatic heterocycles. The fraction of sp³-hybridized carbons (Fsp3) is 0.294. The molecule has 0 aromatic carbocycles. The first-order valence-corrected chi connectivity index (χ1v) is 7.95. The monoisotopic (exact) mass is 350 g/mol. The Bertz CT molecular complexity index is 1060. The Kier molecular flexibility index (Phi) is 4.26. The van der Waals surface area contributed by atoms with E-state index >= 15 is 0 Å². The number of aryl methyl sites for hydroxylation is 1. The molecule has 9 nitrogen and oxygen atoms in total. The topological polar surface area (TPSA) is 128 Å². The van der Waals surface area contributed by atoms with Crippen LogP contribution >= 0.6 is 0 Å². The third-order valence-corrected chi connectivity index (χ3v) is 3.82. The Labute approximate surface area is 149 Å². The molecular weight excluding hydrogens is 332 g/mol. The molecule has 0 amide bonds. The van der Waals surface area contributed by atoms with Crippen molar-refractivity contribution in [2.45, 2.75) is 33.1 Å². The first kappa shape index (κ1) is 17.3. The van der Waals surface area contributed by atoms with E-state index in [2.05, 4.69) is 36.6 Å². The maximum atomic E-state index is 12.6. The van der Waals surface area contributed by atoms with E-state index < -0.39 is 0 Å². The Balaban J connectivity index is 2.01. The van der Waals surface area contributed by atoms with Crippen molar-refractivity contribution < 1.29 is 0 Å². The van der Waals surface area contributed by atoms with Crippen LogP contribution in [0.2, 0.25) is 0 Å². The minimum absolute atomic E-state index is 0.158. The molecule has 3 aromatic rings. The summed E-state index contributed by atoms with van der Waals surface area (Å²) in [5.41, 5.74) is 1.72. The smallest absolute Gasteiger partial charge is 0.293 e. The van der Waals surface area contributed by atoms with Crippen LogP contribution in [0.4, 0.5) is 11.5 Å². The number of azo groups is 1. The molecule has 0 aliphatic heterocycles. The number of nitrogens with zero attached hydrogens (tertiary/aromatic N) is 6. The number of nitrogens with one attached hydrogen (secondary N) is 2. The molecule has 0 radical (unpaired) electrons. The van der Waals surface area contributed by atoms with E-state index in [1.807, 2.05) is 20.8 Å². The van der Waals surface area contributed by atoms with Crippen LogP contribution in [-0.2, 0) is 5.41 Å². The molecule has 0 bridgehead atoms. The van der Waals surface area contributed by atoms with Gasteiger partial charge in [0.1, 0.15) is 11.6 Å². The van der Waals surface area contributed by atoms with Crippen molar-refractivity contribution in [3.05, 3.63) is 51.8 Å². The molecule has 0 aliphatic rings. The van der Waals surface area contributed by atoms with Gasteiger partial charge in [-0.3, -0.25) is 20.0 Å². The Hall–Kier alpha value is -3.54. The first-order chi connectivity index (χ1) is 12.3. The van der Waals surface area contributed by atoms with Crippen LogP contribution in [0, 0.1) is 18.3 Å². The third-order valence-electron chi connectivity index (χ3n) is 3.82. The van der Waals surface area contributed by atoms with Crippen LogP contribution in [0.5, 0.6) is 0 Å². The van der Waals surface area contributed by atoms with Crippen molar-refractivity contribution in [3.63, 3.8) is 0 Å². The van der Waals surface area contributed by atoms with E-state index in [0.717, 1.165) is 0 Å². The molecule has 0 unspecified atom stereocenters. The summed E-state index contributed by atoms with van der Waals surface area (Å²) in [5, 5.41) is 27.3. The van der Waals surface area contributed by atoms with Crippen LogP contribution in [-0.4, -0.2) is 25.0 Å². The normalized spacial score (nSPS) is 11.8. The summed E-state index contributed by atoms with van der Waals surface area (Å²) in [6, 6.07) is 5.51. The Morgan fingerprint density at radius 3 is 2.54 bits per heavy atom. The average molecular weight is 350 g/mol. The molecule has 0 saturated carbocycles. The number of hydrogen-bond acceptors (Lipinski definition) is 6. The lowest BCUT2D eigenvalue weighted by Crippen LogP contribution is -2.13. The second kappa shape index (κ2) is 6.40. The van der Waals surface area contributed by atoms with E-state index in [9.17, 15) is 10.1 Å². The summed E-state index contributed by atoms with van der Waals surface area (Å²) in [6.07, 6.45) is 3.19. The molecule has 0 atom stereocenters. The van der Waals surface area contributed by atoms with Crippen molar-refractivity contribution in [2.24, 2.45) is 10.2 Å². The van der Waals surface area contributed by atoms with Gasteiger partial charge >= 0.3 is 0 Å². The van der Waals surface area contributed by atoms with Crippen molar-refractivity contribution in [2.75, 3.05) is 0 Å². The lowest BCUT2D eigenvalue weighted by atomic mass is 9.90. The van der Waals surface area contributed by atoms with Gasteiger partial charge in [0, 0.05) is 17.8 Å². The Morgan fingerprint density at radius 2 is 1.92 bits per heavy atom. The van der Waals surface area contributed by atoms with Gasteiger partial charge in [-0.2, -0.15) is 10.4 Å². The minimum Gasteiger partial charge on any atom is -0.293 e. The fourth-order valence-corrected chi connectivity index (χ4v) is 2.48. The third kappa shape index (κ3) is 3.04. The predicted molar refractivity (Wildman–Crippen MR) is 95.1 cm³/mol. The lowest BCUT2D eigenvalue weighted by molar-refractivity contribution is 0.565. The highest BCUT2D eigenvalue weighted by Crippen LogP contribution is 2.29. The van der Waals surface area contributed by atoms with Gasteiger partial charge in [0.05, 0.1) is 17.1 Å². The van der Waals surface area contributed by atoms with Gasteiger partial charge in [-0.15, -0.1) is 10.2 Å². The number of aromatic nitrogens is 5. The van der Waals surface area contributed by atoms with E-state index in [4.69, 9.17) is 0 Å². The molecule has 3 heterocycles. The van der Waals surface area contributed by atoms with Crippen LogP contribution < -0.4 is 5.56 Å². The highest BCUT2D eigenvalue weighted by molar-refractivity contribution is 5.52. The summed E-state index contributed by atoms with van der Waals surface area (Å²) >= 11 is 0. The second-order valence-corrected chi connectivity index (χ2v) is 6.79. The molecular formula is C17H18N8O. The van der Waals surface area contributed by atoms with E-state index in [1.165, 1.54) is 4.68 Å². The van der Waals surface area contributed by atoms with Gasteiger partial charge in [0.15, 0.2) is 5.69 Å². The lowest BCUT2D eigenvalue weighted by Gasteiger charge is -2.15. The van der Waals surface area contributed by atoms with Crippen LogP contribution in [0.25, 0.3) is 5.69 Å². The van der Waals surface area contributed by atoms with Crippen molar-refractivity contribution in [3.8, 4) is 11.8 Å². The zero-order chi connectivity index (χ0) is 18.9. The minimum atomic E-state index is -0.345. The van der Waals surface area contributed by atoms with Crippen molar-refractivity contribution >= 4 is 11.5 Å². The number of hydrogen-bond donors (Lipinski definition) is 2. The summed E-state index contributed by atoms with van der Waals surface area (Å²) in [5.74, 6) is 0.160. The molecule has 3 rings (SSSR count). The first-order valence-electron chi connectivity index (χ1n) is 7.95. The second-order valence-electron chi connectivity index (χ2n) is 6.79. The van der Waals surface area contributed by atoms with Crippen LogP contribution in [0.1, 0.15) is 37.7 Å². The molecule has 2 N–H and O–H groups in total. The Morgan fingerprint density at radius 1 is 1.23 bits per heavy atom. The molecule has 0 spiro atoms. The molecule has 132 valence electrons. The zero-order valence-electron chi connectivity index (χ0n) is 14.9. The van der Waals surface area contributed by atoms with E-state index in [1.54, 1.807) is 31.5 Å². The average Bonchev–Trinajstić information content (AvgIpc) is 3.14. The summed E-state index contributed by atoms with van der Waals surface area (Å²) < 4.78 is 1.36. The molecule has 0 saturated heterocycles. The maximum Gasteiger partial charge on any atom is 0.299 e. The van der Waals surface area contributed by atoms with Crippen LogP contribution in [0.3, 0.4) is 0 Å². The molecule has 0 fully saturated rings. The van der Waals surface area contributed by atoms with Gasteiger partial charge in [0.2, 0.25) is 5.82 Å². The molecule has 9 heteroatoms. The fourth-order valence-electron chi connectivity index (χ4n) is 2.48. The predicted octanol–water partition coefficient (Wildman–Crippen LogP) is 3.18. The maximum absolute atomic E-state index is 12.6. The number of aromatic amines is 2. The van der Waals surface area contributed by atoms with Gasteiger partial charge < -0.3 is 0 Å². The number of H-pyrrole nitrogens is 2. The highest BCUT2D eigenvalue weighted by Gasteiger charge is 2.24. The van der Waals surface area contributed by atoms with E-state index in [0.29, 0.717) is 22.6 Å². The number of nitriles is 1. The SMILES string of the molecule is Cc1[nH]n(-c2ccncc2)c(=O)c1N=Nc1n[nH]c(C(C)(C)C)c1C#N. The standard InChI is InChI=1S/C17H18N8O/c1-10-13(16(26)25(24-10)11-5-7-19-8-6-11)20-22-15-12(9-18)14(21-23-15)17(2,3)4/h5-8,24H,1-4H3,(H,21,23). The van der Waals surface area contributed by atoms with Crippen molar-refractivity contribution in [1.29, 1.82) is 5.26 Å². The largest absolute Gasteiger partial charge is 0.299 e. The summed E-state index contributed by atoms with van der Waals surface area (Å²) in [4.78, 5) is 16.5. The summed E-state index contributed by atoms with van der Waals surface area (Å²) in [7, 11) is 0. The molecule has 26 heavy (non-hydrogen) atoms. The van der Waals surface area contributed by atoms with Gasteiger partial charge in [-0.05, 0) is 19.1 Å². The molecule has 0 aliphatic carbocycles. The number of rotatable bonds is 3. The van der Waals surface area contributed by atoms with E-state index in [-0.39, 0.29) is 22.5 Å². The quantitative estimate of drug-likeness (QED) is 0.703. The number of pyridine rings is 1. The summed E-state index contributed by atoms with van der Waals surface area (Å²) in [6.45, 7) is 7.62. The highest BCUT2D eigenvalue weighted by atomic mass is 16.1. The zero-order valence-corrected chi connectivity index (χ0v) is 14.9. The van der Waals surface area contributed by atoms with Gasteiger partial charge in [0.25, 0.3) is 5.56 Å². The van der Waals surface area contributed by atoms with Gasteiger partial charge in [-0.25, -0.2) is 4.68 Å².